The molecule has 1 aromatic carbocycles. The molecule has 1 aliphatic carbocycles. The summed E-state index contributed by atoms with van der Waals surface area (Å²) in [4.78, 5) is 0. The summed E-state index contributed by atoms with van der Waals surface area (Å²) >= 11 is 0. The van der Waals surface area contributed by atoms with Gasteiger partial charge in [0.2, 0.25) is 0 Å². The summed E-state index contributed by atoms with van der Waals surface area (Å²) in [6.45, 7) is 5.78. The SMILES string of the molecule is Cc1cccc(C)c1OCC(O)CNCC1(CO)CC1. The molecule has 0 heterocycles. The highest BCUT2D eigenvalue weighted by Crippen LogP contribution is 2.44. The Balaban J connectivity index is 1.71. The number of nitrogens with one attached hydrogen (secondary N) is 1. The van der Waals surface area contributed by atoms with Gasteiger partial charge in [-0.1, -0.05) is 18.2 Å². The molecule has 20 heavy (non-hydrogen) atoms. The predicted molar refractivity (Wildman–Crippen MR) is 79.0 cm³/mol. The van der Waals surface area contributed by atoms with Crippen molar-refractivity contribution in [1.29, 1.82) is 0 Å². The van der Waals surface area contributed by atoms with Crippen molar-refractivity contribution >= 4 is 0 Å². The molecule has 0 saturated heterocycles. The molecule has 2 rings (SSSR count). The number of aryl methyl sites for hydroxylation is 2. The van der Waals surface area contributed by atoms with E-state index in [1.165, 1.54) is 0 Å². The van der Waals surface area contributed by atoms with Crippen LogP contribution in [0.4, 0.5) is 0 Å². The zero-order valence-corrected chi connectivity index (χ0v) is 12.4. The highest BCUT2D eigenvalue weighted by atomic mass is 16.5. The lowest BCUT2D eigenvalue weighted by Crippen LogP contribution is -2.35. The highest BCUT2D eigenvalue weighted by Gasteiger charge is 2.41. The van der Waals surface area contributed by atoms with Gasteiger partial charge in [0.15, 0.2) is 0 Å². The summed E-state index contributed by atoms with van der Waals surface area (Å²) in [6.07, 6.45) is 1.61. The lowest BCUT2D eigenvalue weighted by atomic mass is 10.1. The van der Waals surface area contributed by atoms with Crippen LogP contribution in [0, 0.1) is 19.3 Å². The van der Waals surface area contributed by atoms with Gasteiger partial charge in [-0.05, 0) is 37.8 Å². The summed E-state index contributed by atoms with van der Waals surface area (Å²) < 4.78 is 5.71. The van der Waals surface area contributed by atoms with Crippen LogP contribution >= 0.6 is 0 Å². The first-order chi connectivity index (χ1) is 9.56. The Morgan fingerprint density at radius 1 is 1.30 bits per heavy atom. The van der Waals surface area contributed by atoms with E-state index in [9.17, 15) is 10.2 Å². The highest BCUT2D eigenvalue weighted by molar-refractivity contribution is 5.39. The molecule has 1 fully saturated rings. The van der Waals surface area contributed by atoms with Crippen LogP contribution in [-0.4, -0.2) is 42.6 Å². The molecule has 1 saturated carbocycles. The molecule has 0 bridgehead atoms. The number of aliphatic hydroxyl groups excluding tert-OH is 2. The number of ether oxygens (including phenoxy) is 1. The fraction of sp³-hybridized carbons (Fsp3) is 0.625. The molecule has 1 atom stereocenters. The van der Waals surface area contributed by atoms with E-state index in [1.54, 1.807) is 0 Å². The van der Waals surface area contributed by atoms with Gasteiger partial charge in [0.1, 0.15) is 18.5 Å². The first kappa shape index (κ1) is 15.3. The van der Waals surface area contributed by atoms with Crippen LogP contribution in [0.25, 0.3) is 0 Å². The topological polar surface area (TPSA) is 61.7 Å². The minimum Gasteiger partial charge on any atom is -0.490 e. The first-order valence-electron chi connectivity index (χ1n) is 7.25. The minimum atomic E-state index is -0.538. The third kappa shape index (κ3) is 3.95. The number of rotatable bonds is 8. The molecule has 0 radical (unpaired) electrons. The van der Waals surface area contributed by atoms with Crippen LogP contribution in [0.2, 0.25) is 0 Å². The van der Waals surface area contributed by atoms with E-state index in [0.717, 1.165) is 36.3 Å². The molecule has 112 valence electrons. The molecule has 0 spiro atoms. The quantitative estimate of drug-likeness (QED) is 0.673. The summed E-state index contributed by atoms with van der Waals surface area (Å²) in [5.41, 5.74) is 2.25. The van der Waals surface area contributed by atoms with Gasteiger partial charge in [-0.3, -0.25) is 0 Å². The third-order valence-electron chi connectivity index (χ3n) is 4.00. The lowest BCUT2D eigenvalue weighted by Gasteiger charge is -2.18. The van der Waals surface area contributed by atoms with Crippen LogP contribution in [-0.2, 0) is 0 Å². The Hall–Kier alpha value is -1.10. The number of benzene rings is 1. The van der Waals surface area contributed by atoms with Crippen LogP contribution in [0.3, 0.4) is 0 Å². The van der Waals surface area contributed by atoms with Gasteiger partial charge in [-0.2, -0.15) is 0 Å². The average Bonchev–Trinajstić information content (AvgIpc) is 3.19. The normalized spacial score (nSPS) is 17.8. The maximum absolute atomic E-state index is 9.93. The molecular formula is C16H25NO3. The predicted octanol–water partition coefficient (Wildman–Crippen LogP) is 1.41. The smallest absolute Gasteiger partial charge is 0.125 e. The van der Waals surface area contributed by atoms with Crippen LogP contribution in [0.15, 0.2) is 18.2 Å². The molecule has 3 N–H and O–H groups in total. The Morgan fingerprint density at radius 2 is 1.95 bits per heavy atom. The van der Waals surface area contributed by atoms with E-state index >= 15 is 0 Å². The third-order valence-corrected chi connectivity index (χ3v) is 4.00. The maximum atomic E-state index is 9.93. The second kappa shape index (κ2) is 6.57. The molecule has 1 unspecified atom stereocenters. The Bertz CT molecular complexity index is 423. The lowest BCUT2D eigenvalue weighted by molar-refractivity contribution is 0.102. The van der Waals surface area contributed by atoms with Crippen molar-refractivity contribution in [2.75, 3.05) is 26.3 Å². The van der Waals surface area contributed by atoms with E-state index in [0.29, 0.717) is 6.54 Å². The average molecular weight is 279 g/mol. The van der Waals surface area contributed by atoms with Crippen LogP contribution in [0.1, 0.15) is 24.0 Å². The Morgan fingerprint density at radius 3 is 2.50 bits per heavy atom. The fourth-order valence-corrected chi connectivity index (χ4v) is 2.34. The van der Waals surface area contributed by atoms with Gasteiger partial charge in [0, 0.05) is 25.1 Å². The molecular weight excluding hydrogens is 254 g/mol. The second-order valence-corrected chi connectivity index (χ2v) is 5.97. The molecule has 1 aliphatic rings. The minimum absolute atomic E-state index is 0.0766. The molecule has 1 aromatic rings. The number of hydrogen-bond donors (Lipinski definition) is 3. The van der Waals surface area contributed by atoms with Crippen molar-refractivity contribution in [3.05, 3.63) is 29.3 Å². The zero-order chi connectivity index (χ0) is 14.6. The van der Waals surface area contributed by atoms with Gasteiger partial charge in [0.25, 0.3) is 0 Å². The fourth-order valence-electron chi connectivity index (χ4n) is 2.34. The standard InChI is InChI=1S/C16H25NO3/c1-12-4-3-5-13(2)15(12)20-9-14(19)8-17-10-16(11-18)6-7-16/h3-5,14,17-19H,6-11H2,1-2H3. The molecule has 0 aliphatic heterocycles. The van der Waals surface area contributed by atoms with Gasteiger partial charge in [0.05, 0.1) is 0 Å². The van der Waals surface area contributed by atoms with Crippen LogP contribution in [0.5, 0.6) is 5.75 Å². The number of para-hydroxylation sites is 1. The summed E-state index contributed by atoms with van der Waals surface area (Å²) in [7, 11) is 0. The van der Waals surface area contributed by atoms with Crippen molar-refractivity contribution in [3.63, 3.8) is 0 Å². The van der Waals surface area contributed by atoms with Gasteiger partial charge in [-0.25, -0.2) is 0 Å². The zero-order valence-electron chi connectivity index (χ0n) is 12.4. The molecule has 4 heteroatoms. The van der Waals surface area contributed by atoms with Crippen molar-refractivity contribution in [1.82, 2.24) is 5.32 Å². The maximum Gasteiger partial charge on any atom is 0.125 e. The van der Waals surface area contributed by atoms with Crippen molar-refractivity contribution < 1.29 is 14.9 Å². The number of aliphatic hydroxyl groups is 2. The van der Waals surface area contributed by atoms with E-state index < -0.39 is 6.10 Å². The van der Waals surface area contributed by atoms with Crippen molar-refractivity contribution in [2.24, 2.45) is 5.41 Å². The van der Waals surface area contributed by atoms with E-state index in [-0.39, 0.29) is 18.6 Å². The van der Waals surface area contributed by atoms with Crippen molar-refractivity contribution in [2.45, 2.75) is 32.8 Å². The summed E-state index contributed by atoms with van der Waals surface area (Å²) in [6, 6.07) is 6.01. The summed E-state index contributed by atoms with van der Waals surface area (Å²) in [5.74, 6) is 0.862. The Labute approximate surface area is 120 Å². The van der Waals surface area contributed by atoms with E-state index in [1.807, 2.05) is 32.0 Å². The van der Waals surface area contributed by atoms with E-state index in [2.05, 4.69) is 5.32 Å². The molecule has 0 aromatic heterocycles. The van der Waals surface area contributed by atoms with Gasteiger partial charge < -0.3 is 20.3 Å². The summed E-state index contributed by atoms with van der Waals surface area (Å²) in [5, 5.41) is 22.4. The van der Waals surface area contributed by atoms with Crippen molar-refractivity contribution in [3.8, 4) is 5.75 Å². The van der Waals surface area contributed by atoms with E-state index in [4.69, 9.17) is 4.74 Å². The monoisotopic (exact) mass is 279 g/mol. The van der Waals surface area contributed by atoms with Gasteiger partial charge in [-0.15, -0.1) is 0 Å². The first-order valence-corrected chi connectivity index (χ1v) is 7.25. The molecule has 4 nitrogen and oxygen atoms in total. The second-order valence-electron chi connectivity index (χ2n) is 5.97. The molecule has 0 amide bonds. The largest absolute Gasteiger partial charge is 0.490 e. The Kier molecular flexibility index (Phi) is 5.02. The van der Waals surface area contributed by atoms with Gasteiger partial charge >= 0.3 is 0 Å². The number of hydrogen-bond acceptors (Lipinski definition) is 4. The van der Waals surface area contributed by atoms with Crippen LogP contribution < -0.4 is 10.1 Å².